The van der Waals surface area contributed by atoms with Gasteiger partial charge in [0.2, 0.25) is 0 Å². The summed E-state index contributed by atoms with van der Waals surface area (Å²) in [6, 6.07) is 11.8. The summed E-state index contributed by atoms with van der Waals surface area (Å²) in [5, 5.41) is 0. The Labute approximate surface area is 133 Å². The van der Waals surface area contributed by atoms with Crippen molar-refractivity contribution in [3.63, 3.8) is 0 Å². The van der Waals surface area contributed by atoms with Gasteiger partial charge >= 0.3 is 0 Å². The molecule has 1 aromatic carbocycles. The molecule has 1 heterocycles. The van der Waals surface area contributed by atoms with Crippen LogP contribution in [-0.2, 0) is 13.0 Å². The lowest BCUT2D eigenvalue weighted by Crippen LogP contribution is -2.22. The third-order valence-electron chi connectivity index (χ3n) is 4.08. The van der Waals surface area contributed by atoms with Crippen LogP contribution in [-0.4, -0.2) is 9.36 Å². The van der Waals surface area contributed by atoms with Crippen molar-refractivity contribution >= 4 is 0 Å². The first-order chi connectivity index (χ1) is 10.8. The summed E-state index contributed by atoms with van der Waals surface area (Å²) in [4.78, 5) is 12.5. The van der Waals surface area contributed by atoms with E-state index in [4.69, 9.17) is 0 Å². The van der Waals surface area contributed by atoms with Gasteiger partial charge in [0, 0.05) is 18.3 Å². The van der Waals surface area contributed by atoms with E-state index >= 15 is 0 Å². The minimum Gasteiger partial charge on any atom is -0.282 e. The third-order valence-corrected chi connectivity index (χ3v) is 4.08. The van der Waals surface area contributed by atoms with Crippen molar-refractivity contribution in [1.29, 1.82) is 0 Å². The van der Waals surface area contributed by atoms with Crippen molar-refractivity contribution in [2.75, 3.05) is 0 Å². The Bertz CT molecular complexity index is 610. The van der Waals surface area contributed by atoms with Gasteiger partial charge in [0.05, 0.1) is 5.69 Å². The predicted octanol–water partition coefficient (Wildman–Crippen LogP) is 4.56. The second-order valence-electron chi connectivity index (χ2n) is 5.91. The smallest absolute Gasteiger partial charge is 0.271 e. The minimum atomic E-state index is 0.0918. The maximum atomic E-state index is 12.5. The molecule has 0 fully saturated rings. The standard InChI is InChI=1S/C19H28N2O/c1-3-5-8-14-18-16-19(22)21(17-12-9-7-10-13-17)20(18)15-11-6-4-2/h7,9-10,12-13,16H,3-6,8,11,14-15H2,1-2H3. The normalized spacial score (nSPS) is 11.0. The highest BCUT2D eigenvalue weighted by atomic mass is 16.1. The third kappa shape index (κ3) is 4.12. The molecule has 3 nitrogen and oxygen atoms in total. The average Bonchev–Trinajstić information content (AvgIpc) is 2.84. The molecule has 0 saturated heterocycles. The van der Waals surface area contributed by atoms with Gasteiger partial charge in [-0.2, -0.15) is 0 Å². The maximum absolute atomic E-state index is 12.5. The van der Waals surface area contributed by atoms with E-state index < -0.39 is 0 Å². The van der Waals surface area contributed by atoms with Crippen LogP contribution in [0.4, 0.5) is 0 Å². The highest BCUT2D eigenvalue weighted by molar-refractivity contribution is 5.31. The number of aromatic nitrogens is 2. The van der Waals surface area contributed by atoms with Gasteiger partial charge in [0.15, 0.2) is 0 Å². The van der Waals surface area contributed by atoms with Crippen molar-refractivity contribution in [2.24, 2.45) is 0 Å². The second-order valence-corrected chi connectivity index (χ2v) is 5.91. The van der Waals surface area contributed by atoms with E-state index in [1.807, 2.05) is 41.1 Å². The van der Waals surface area contributed by atoms with E-state index in [-0.39, 0.29) is 5.56 Å². The number of aryl methyl sites for hydroxylation is 1. The number of nitrogens with zero attached hydrogens (tertiary/aromatic N) is 2. The minimum absolute atomic E-state index is 0.0918. The molecular weight excluding hydrogens is 272 g/mol. The number of unbranched alkanes of at least 4 members (excludes halogenated alkanes) is 4. The van der Waals surface area contributed by atoms with E-state index in [0.717, 1.165) is 31.5 Å². The maximum Gasteiger partial charge on any atom is 0.271 e. The van der Waals surface area contributed by atoms with Crippen molar-refractivity contribution in [2.45, 2.75) is 65.3 Å². The molecular formula is C19H28N2O. The molecule has 3 heteroatoms. The van der Waals surface area contributed by atoms with Gasteiger partial charge in [-0.3, -0.25) is 9.48 Å². The fourth-order valence-electron chi connectivity index (χ4n) is 2.87. The molecule has 0 N–H and O–H groups in total. The SMILES string of the molecule is CCCCCc1cc(=O)n(-c2ccccc2)n1CCCCC. The molecule has 0 saturated carbocycles. The van der Waals surface area contributed by atoms with E-state index in [1.165, 1.54) is 31.4 Å². The molecule has 0 aliphatic carbocycles. The van der Waals surface area contributed by atoms with Crippen LogP contribution in [0.25, 0.3) is 5.69 Å². The number of hydrogen-bond donors (Lipinski definition) is 0. The van der Waals surface area contributed by atoms with Crippen LogP contribution in [0.3, 0.4) is 0 Å². The summed E-state index contributed by atoms with van der Waals surface area (Å²) in [5.41, 5.74) is 2.23. The van der Waals surface area contributed by atoms with Gasteiger partial charge in [0.25, 0.3) is 5.56 Å². The molecule has 0 aliphatic heterocycles. The Balaban J connectivity index is 2.31. The molecule has 0 unspecified atom stereocenters. The van der Waals surface area contributed by atoms with Crippen molar-refractivity contribution in [3.05, 3.63) is 52.4 Å². The Hall–Kier alpha value is -1.77. The Kier molecular flexibility index (Phi) is 6.50. The van der Waals surface area contributed by atoms with Crippen LogP contribution >= 0.6 is 0 Å². The van der Waals surface area contributed by atoms with Gasteiger partial charge in [0.1, 0.15) is 0 Å². The Morgan fingerprint density at radius 2 is 1.59 bits per heavy atom. The number of benzene rings is 1. The van der Waals surface area contributed by atoms with E-state index in [0.29, 0.717) is 0 Å². The zero-order valence-corrected chi connectivity index (χ0v) is 13.9. The first kappa shape index (κ1) is 16.6. The average molecular weight is 300 g/mol. The molecule has 2 aromatic rings. The monoisotopic (exact) mass is 300 g/mol. The van der Waals surface area contributed by atoms with Gasteiger partial charge in [-0.1, -0.05) is 57.7 Å². The predicted molar refractivity (Wildman–Crippen MR) is 92.8 cm³/mol. The van der Waals surface area contributed by atoms with Crippen molar-refractivity contribution < 1.29 is 0 Å². The van der Waals surface area contributed by atoms with Crippen molar-refractivity contribution in [3.8, 4) is 5.69 Å². The van der Waals surface area contributed by atoms with Crippen LogP contribution in [0, 0.1) is 0 Å². The Morgan fingerprint density at radius 1 is 0.909 bits per heavy atom. The highest BCUT2D eigenvalue weighted by Gasteiger charge is 2.12. The van der Waals surface area contributed by atoms with Crippen LogP contribution in [0.15, 0.2) is 41.2 Å². The zero-order valence-electron chi connectivity index (χ0n) is 13.9. The summed E-state index contributed by atoms with van der Waals surface area (Å²) in [7, 11) is 0. The number of rotatable bonds is 9. The van der Waals surface area contributed by atoms with Gasteiger partial charge < -0.3 is 0 Å². The zero-order chi connectivity index (χ0) is 15.8. The molecule has 22 heavy (non-hydrogen) atoms. The molecule has 1 aromatic heterocycles. The lowest BCUT2D eigenvalue weighted by Gasteiger charge is -2.15. The van der Waals surface area contributed by atoms with Crippen LogP contribution in [0.2, 0.25) is 0 Å². The molecule has 120 valence electrons. The summed E-state index contributed by atoms with van der Waals surface area (Å²) in [5.74, 6) is 0. The van der Waals surface area contributed by atoms with Gasteiger partial charge in [-0.05, 0) is 31.4 Å². The topological polar surface area (TPSA) is 26.9 Å². The molecule has 0 atom stereocenters. The summed E-state index contributed by atoms with van der Waals surface area (Å²) in [6.07, 6.45) is 8.10. The fourth-order valence-corrected chi connectivity index (χ4v) is 2.87. The van der Waals surface area contributed by atoms with Gasteiger partial charge in [-0.25, -0.2) is 4.68 Å². The first-order valence-corrected chi connectivity index (χ1v) is 8.65. The molecule has 0 aliphatic rings. The lowest BCUT2D eigenvalue weighted by molar-refractivity contribution is 0.483. The van der Waals surface area contributed by atoms with Crippen molar-refractivity contribution in [1.82, 2.24) is 9.36 Å². The molecule has 0 bridgehead atoms. The lowest BCUT2D eigenvalue weighted by atomic mass is 10.1. The quantitative estimate of drug-likeness (QED) is 0.624. The number of hydrogen-bond acceptors (Lipinski definition) is 1. The largest absolute Gasteiger partial charge is 0.282 e. The van der Waals surface area contributed by atoms with E-state index in [1.54, 1.807) is 0 Å². The summed E-state index contributed by atoms with van der Waals surface area (Å²) < 4.78 is 4.04. The second kappa shape index (κ2) is 8.62. The van der Waals surface area contributed by atoms with Gasteiger partial charge in [-0.15, -0.1) is 0 Å². The van der Waals surface area contributed by atoms with E-state index in [9.17, 15) is 4.79 Å². The first-order valence-electron chi connectivity index (χ1n) is 8.65. The fraction of sp³-hybridized carbons (Fsp3) is 0.526. The molecule has 0 radical (unpaired) electrons. The Morgan fingerprint density at radius 3 is 2.27 bits per heavy atom. The summed E-state index contributed by atoms with van der Waals surface area (Å²) >= 11 is 0. The van der Waals surface area contributed by atoms with Crippen LogP contribution in [0.1, 0.15) is 58.1 Å². The van der Waals surface area contributed by atoms with E-state index in [2.05, 4.69) is 18.5 Å². The number of para-hydroxylation sites is 1. The highest BCUT2D eigenvalue weighted by Crippen LogP contribution is 2.12. The van der Waals surface area contributed by atoms with Crippen LogP contribution < -0.4 is 5.56 Å². The molecule has 2 rings (SSSR count). The molecule has 0 amide bonds. The summed E-state index contributed by atoms with van der Waals surface area (Å²) in [6.45, 7) is 5.35. The molecule has 0 spiro atoms. The van der Waals surface area contributed by atoms with Crippen LogP contribution in [0.5, 0.6) is 0 Å².